The summed E-state index contributed by atoms with van der Waals surface area (Å²) in [5.74, 6) is 0. The SMILES string of the molecule is N#CCn1ccc2cccc(CCN)c21. The maximum absolute atomic E-state index is 8.72. The van der Waals surface area contributed by atoms with Crippen molar-refractivity contribution in [2.45, 2.75) is 13.0 Å². The molecule has 0 saturated carbocycles. The fraction of sp³-hybridized carbons (Fsp3) is 0.250. The number of hydrogen-bond acceptors (Lipinski definition) is 2. The highest BCUT2D eigenvalue weighted by molar-refractivity contribution is 5.83. The van der Waals surface area contributed by atoms with Gasteiger partial charge in [-0.1, -0.05) is 18.2 Å². The molecule has 1 aromatic heterocycles. The summed E-state index contributed by atoms with van der Waals surface area (Å²) in [6.45, 7) is 1.03. The smallest absolute Gasteiger partial charge is 0.110 e. The predicted molar refractivity (Wildman–Crippen MR) is 60.3 cm³/mol. The number of aromatic nitrogens is 1. The van der Waals surface area contributed by atoms with Crippen LogP contribution in [0.15, 0.2) is 30.5 Å². The Kier molecular flexibility index (Phi) is 2.70. The molecule has 0 atom stereocenters. The van der Waals surface area contributed by atoms with Crippen LogP contribution in [0, 0.1) is 11.3 Å². The third-order valence-corrected chi connectivity index (χ3v) is 2.53. The normalized spacial score (nSPS) is 10.4. The highest BCUT2D eigenvalue weighted by Crippen LogP contribution is 2.20. The Labute approximate surface area is 88.7 Å². The first kappa shape index (κ1) is 9.75. The average Bonchev–Trinajstić information content (AvgIpc) is 2.64. The number of rotatable bonds is 3. The largest absolute Gasteiger partial charge is 0.333 e. The summed E-state index contributed by atoms with van der Waals surface area (Å²) >= 11 is 0. The molecule has 0 fully saturated rings. The Balaban J connectivity index is 2.59. The van der Waals surface area contributed by atoms with Gasteiger partial charge < -0.3 is 10.3 Å². The molecule has 1 heterocycles. The van der Waals surface area contributed by atoms with E-state index in [2.05, 4.69) is 18.2 Å². The summed E-state index contributed by atoms with van der Waals surface area (Å²) in [7, 11) is 0. The van der Waals surface area contributed by atoms with E-state index in [4.69, 9.17) is 11.0 Å². The topological polar surface area (TPSA) is 54.7 Å². The fourth-order valence-electron chi connectivity index (χ4n) is 1.91. The molecular weight excluding hydrogens is 186 g/mol. The van der Waals surface area contributed by atoms with E-state index >= 15 is 0 Å². The molecule has 0 bridgehead atoms. The first-order valence-corrected chi connectivity index (χ1v) is 5.00. The second-order valence-electron chi connectivity index (χ2n) is 3.50. The lowest BCUT2D eigenvalue weighted by Crippen LogP contribution is -2.05. The molecule has 0 aliphatic heterocycles. The second-order valence-corrected chi connectivity index (χ2v) is 3.50. The molecule has 3 nitrogen and oxygen atoms in total. The molecule has 0 radical (unpaired) electrons. The summed E-state index contributed by atoms with van der Waals surface area (Å²) in [4.78, 5) is 0. The molecule has 76 valence electrons. The molecule has 2 rings (SSSR count). The lowest BCUT2D eigenvalue weighted by Gasteiger charge is -2.05. The van der Waals surface area contributed by atoms with E-state index in [-0.39, 0.29) is 0 Å². The van der Waals surface area contributed by atoms with Gasteiger partial charge >= 0.3 is 0 Å². The highest BCUT2D eigenvalue weighted by atomic mass is 14.9. The van der Waals surface area contributed by atoms with Crippen molar-refractivity contribution in [2.75, 3.05) is 6.54 Å². The van der Waals surface area contributed by atoms with Crippen LogP contribution in [0.2, 0.25) is 0 Å². The van der Waals surface area contributed by atoms with E-state index in [1.54, 1.807) is 0 Å². The summed E-state index contributed by atoms with van der Waals surface area (Å²) in [5.41, 5.74) is 7.93. The molecule has 2 N–H and O–H groups in total. The molecule has 3 heteroatoms. The van der Waals surface area contributed by atoms with Gasteiger partial charge in [-0.3, -0.25) is 0 Å². The standard InChI is InChI=1S/C12H13N3/c13-6-4-10-2-1-3-11-5-8-15(9-7-14)12(10)11/h1-3,5,8H,4,6,9,13H2. The van der Waals surface area contributed by atoms with Gasteiger partial charge in [0.15, 0.2) is 0 Å². The Bertz CT molecular complexity index is 505. The Hall–Kier alpha value is -1.79. The van der Waals surface area contributed by atoms with Crippen molar-refractivity contribution in [1.29, 1.82) is 5.26 Å². The second kappa shape index (κ2) is 4.16. The van der Waals surface area contributed by atoms with Gasteiger partial charge in [0.1, 0.15) is 6.54 Å². The van der Waals surface area contributed by atoms with Crippen LogP contribution < -0.4 is 5.73 Å². The Morgan fingerprint density at radius 1 is 1.33 bits per heavy atom. The van der Waals surface area contributed by atoms with Crippen LogP contribution in [0.4, 0.5) is 0 Å². The number of nitriles is 1. The zero-order chi connectivity index (χ0) is 10.7. The van der Waals surface area contributed by atoms with Crippen molar-refractivity contribution in [3.8, 4) is 6.07 Å². The summed E-state index contributed by atoms with van der Waals surface area (Å²) in [6.07, 6.45) is 2.81. The molecule has 2 aromatic rings. The summed E-state index contributed by atoms with van der Waals surface area (Å²) < 4.78 is 1.97. The van der Waals surface area contributed by atoms with E-state index in [1.807, 2.05) is 22.9 Å². The predicted octanol–water partition coefficient (Wildman–Crippen LogP) is 1.67. The lowest BCUT2D eigenvalue weighted by atomic mass is 10.1. The van der Waals surface area contributed by atoms with Crippen molar-refractivity contribution in [1.82, 2.24) is 4.57 Å². The Morgan fingerprint density at radius 2 is 2.20 bits per heavy atom. The van der Waals surface area contributed by atoms with Crippen molar-refractivity contribution < 1.29 is 0 Å². The lowest BCUT2D eigenvalue weighted by molar-refractivity contribution is 0.861. The number of nitrogens with zero attached hydrogens (tertiary/aromatic N) is 2. The zero-order valence-corrected chi connectivity index (χ0v) is 8.48. The van der Waals surface area contributed by atoms with Crippen molar-refractivity contribution in [3.63, 3.8) is 0 Å². The number of hydrogen-bond donors (Lipinski definition) is 1. The van der Waals surface area contributed by atoms with Crippen molar-refractivity contribution in [2.24, 2.45) is 5.73 Å². The molecule has 0 saturated heterocycles. The molecule has 0 unspecified atom stereocenters. The number of para-hydroxylation sites is 1. The van der Waals surface area contributed by atoms with Gasteiger partial charge in [-0.05, 0) is 30.0 Å². The van der Waals surface area contributed by atoms with Gasteiger partial charge in [0.25, 0.3) is 0 Å². The minimum absolute atomic E-state index is 0.394. The third kappa shape index (κ3) is 1.72. The van der Waals surface area contributed by atoms with Crippen molar-refractivity contribution >= 4 is 10.9 Å². The molecular formula is C12H13N3. The van der Waals surface area contributed by atoms with E-state index in [1.165, 1.54) is 10.9 Å². The van der Waals surface area contributed by atoms with E-state index in [0.717, 1.165) is 11.9 Å². The van der Waals surface area contributed by atoms with Crippen LogP contribution in [0.3, 0.4) is 0 Å². The minimum Gasteiger partial charge on any atom is -0.333 e. The van der Waals surface area contributed by atoms with Crippen LogP contribution in [-0.4, -0.2) is 11.1 Å². The molecule has 15 heavy (non-hydrogen) atoms. The van der Waals surface area contributed by atoms with Gasteiger partial charge in [0.05, 0.1) is 11.6 Å². The van der Waals surface area contributed by atoms with Crippen LogP contribution in [0.5, 0.6) is 0 Å². The quantitative estimate of drug-likeness (QED) is 0.817. The third-order valence-electron chi connectivity index (χ3n) is 2.53. The van der Waals surface area contributed by atoms with E-state index in [0.29, 0.717) is 13.1 Å². The van der Waals surface area contributed by atoms with Crippen LogP contribution >= 0.6 is 0 Å². The van der Waals surface area contributed by atoms with E-state index in [9.17, 15) is 0 Å². The average molecular weight is 199 g/mol. The maximum Gasteiger partial charge on any atom is 0.110 e. The first-order valence-electron chi connectivity index (χ1n) is 5.00. The number of nitrogens with two attached hydrogens (primary N) is 1. The van der Waals surface area contributed by atoms with Gasteiger partial charge in [0, 0.05) is 6.20 Å². The molecule has 0 aliphatic carbocycles. The molecule has 0 aliphatic rings. The van der Waals surface area contributed by atoms with Crippen LogP contribution in [0.1, 0.15) is 5.56 Å². The van der Waals surface area contributed by atoms with Gasteiger partial charge in [-0.2, -0.15) is 5.26 Å². The summed E-state index contributed by atoms with van der Waals surface area (Å²) in [6, 6.07) is 10.4. The summed E-state index contributed by atoms with van der Waals surface area (Å²) in [5, 5.41) is 9.90. The molecule has 1 aromatic carbocycles. The first-order chi connectivity index (χ1) is 7.36. The maximum atomic E-state index is 8.72. The number of benzene rings is 1. The van der Waals surface area contributed by atoms with Gasteiger partial charge in [0.2, 0.25) is 0 Å². The monoisotopic (exact) mass is 199 g/mol. The van der Waals surface area contributed by atoms with Crippen LogP contribution in [-0.2, 0) is 13.0 Å². The zero-order valence-electron chi connectivity index (χ0n) is 8.48. The molecule has 0 amide bonds. The van der Waals surface area contributed by atoms with Gasteiger partial charge in [-0.15, -0.1) is 0 Å². The Morgan fingerprint density at radius 3 is 2.93 bits per heavy atom. The van der Waals surface area contributed by atoms with Crippen LogP contribution in [0.25, 0.3) is 10.9 Å². The molecule has 0 spiro atoms. The van der Waals surface area contributed by atoms with E-state index < -0.39 is 0 Å². The highest BCUT2D eigenvalue weighted by Gasteiger charge is 2.05. The fourth-order valence-corrected chi connectivity index (χ4v) is 1.91. The number of fused-ring (bicyclic) bond motifs is 1. The minimum atomic E-state index is 0.394. The van der Waals surface area contributed by atoms with Gasteiger partial charge in [-0.25, -0.2) is 0 Å². The van der Waals surface area contributed by atoms with Crippen molar-refractivity contribution in [3.05, 3.63) is 36.0 Å².